The van der Waals surface area contributed by atoms with Gasteiger partial charge in [0.1, 0.15) is 11.6 Å². The van der Waals surface area contributed by atoms with Gasteiger partial charge >= 0.3 is 0 Å². The Morgan fingerprint density at radius 1 is 1.06 bits per heavy atom. The highest BCUT2D eigenvalue weighted by Gasteiger charge is 2.14. The number of hydrogen-bond acceptors (Lipinski definition) is 4. The van der Waals surface area contributed by atoms with E-state index in [1.165, 1.54) is 17.2 Å². The molecule has 0 amide bonds. The van der Waals surface area contributed by atoms with Gasteiger partial charge in [-0.2, -0.15) is 9.61 Å². The largest absolute Gasteiger partial charge is 0.369 e. The highest BCUT2D eigenvalue weighted by molar-refractivity contribution is 7.55. The van der Waals surface area contributed by atoms with Gasteiger partial charge in [0.2, 0.25) is 0 Å². The van der Waals surface area contributed by atoms with Gasteiger partial charge < -0.3 is 10.2 Å². The number of hydrogen-bond donors (Lipinski definition) is 1. The average Bonchev–Trinajstić information content (AvgIpc) is 3.14. The van der Waals surface area contributed by atoms with Crippen molar-refractivity contribution in [3.63, 3.8) is 0 Å². The molecule has 31 heavy (non-hydrogen) atoms. The van der Waals surface area contributed by atoms with E-state index in [1.807, 2.05) is 36.9 Å². The zero-order valence-electron chi connectivity index (χ0n) is 18.3. The number of rotatable bonds is 7. The number of fused-ring (bicyclic) bond motifs is 1. The van der Waals surface area contributed by atoms with Crippen LogP contribution in [0.25, 0.3) is 16.8 Å². The molecular weight excluding hydrogens is 408 g/mol. The monoisotopic (exact) mass is 435 g/mol. The van der Waals surface area contributed by atoms with E-state index in [-0.39, 0.29) is 14.4 Å². The molecule has 0 spiro atoms. The van der Waals surface area contributed by atoms with Crippen molar-refractivity contribution in [2.45, 2.75) is 13.8 Å². The fourth-order valence-electron chi connectivity index (χ4n) is 3.39. The lowest BCUT2D eigenvalue weighted by molar-refractivity contribution is 0.425. The summed E-state index contributed by atoms with van der Waals surface area (Å²) in [5, 5.41) is 9.04. The first-order chi connectivity index (χ1) is 14.9. The van der Waals surface area contributed by atoms with Crippen LogP contribution in [-0.2, 0) is 0 Å². The molecule has 0 saturated carbocycles. The maximum Gasteiger partial charge on any atom is 0.165 e. The van der Waals surface area contributed by atoms with Crippen molar-refractivity contribution in [3.05, 3.63) is 71.7 Å². The molecule has 0 aliphatic heterocycles. The summed E-state index contributed by atoms with van der Waals surface area (Å²) in [5.41, 5.74) is 6.28. The Balaban J connectivity index is 1.78. The van der Waals surface area contributed by atoms with Crippen LogP contribution in [0.15, 0.2) is 54.7 Å². The molecule has 0 bridgehead atoms. The van der Waals surface area contributed by atoms with Crippen LogP contribution in [0.4, 0.5) is 10.2 Å². The summed E-state index contributed by atoms with van der Waals surface area (Å²) in [6, 6.07) is 15.2. The zero-order chi connectivity index (χ0) is 22.0. The minimum absolute atomic E-state index is 0.226. The molecule has 2 heterocycles. The molecule has 5 nitrogen and oxygen atoms in total. The van der Waals surface area contributed by atoms with Gasteiger partial charge in [0.15, 0.2) is 5.65 Å². The van der Waals surface area contributed by atoms with Crippen LogP contribution in [0.1, 0.15) is 11.1 Å². The number of nitrogens with one attached hydrogen (secondary N) is 1. The second-order valence-electron chi connectivity index (χ2n) is 7.98. The van der Waals surface area contributed by atoms with Crippen LogP contribution in [0.5, 0.6) is 0 Å². The molecule has 1 atom stereocenters. The van der Waals surface area contributed by atoms with E-state index >= 15 is 0 Å². The smallest absolute Gasteiger partial charge is 0.165 e. The molecule has 0 aliphatic rings. The van der Waals surface area contributed by atoms with Gasteiger partial charge in [-0.25, -0.2) is 9.37 Å². The summed E-state index contributed by atoms with van der Waals surface area (Å²) in [4.78, 5) is 7.06. The van der Waals surface area contributed by atoms with Crippen LogP contribution in [0, 0.1) is 19.7 Å². The lowest BCUT2D eigenvalue weighted by atomic mass is 10.0. The zero-order valence-corrected chi connectivity index (χ0v) is 19.3. The molecule has 2 aromatic heterocycles. The van der Waals surface area contributed by atoms with Gasteiger partial charge in [-0.05, 0) is 70.7 Å². The second-order valence-corrected chi connectivity index (χ2v) is 9.32. The van der Waals surface area contributed by atoms with Crippen molar-refractivity contribution in [1.82, 2.24) is 19.5 Å². The Morgan fingerprint density at radius 3 is 2.65 bits per heavy atom. The normalized spacial score (nSPS) is 11.8. The summed E-state index contributed by atoms with van der Waals surface area (Å²) >= 11 is 0. The molecule has 1 unspecified atom stereocenters. The lowest BCUT2D eigenvalue weighted by Gasteiger charge is -2.14. The Morgan fingerprint density at radius 2 is 1.90 bits per heavy atom. The standard InChI is InChI=1S/C24H27FN5P/c1-16-8-9-18(12-17(16)2)21-15-27-30-22(26-10-11-29(3)4)14-23(28-24(21)30)31-20-7-5-6-19(25)13-20/h5-9,12-15,26,31H,10-11H2,1-4H3. The second kappa shape index (κ2) is 9.13. The quantitative estimate of drug-likeness (QED) is 0.449. The molecule has 160 valence electrons. The molecule has 0 radical (unpaired) electrons. The van der Waals surface area contributed by atoms with E-state index in [1.54, 1.807) is 12.1 Å². The van der Waals surface area contributed by atoms with Crippen molar-refractivity contribution in [2.75, 3.05) is 32.5 Å². The predicted molar refractivity (Wildman–Crippen MR) is 129 cm³/mol. The van der Waals surface area contributed by atoms with E-state index < -0.39 is 0 Å². The number of likely N-dealkylation sites (N-methyl/N-ethyl adjacent to an activating group) is 1. The van der Waals surface area contributed by atoms with E-state index in [2.05, 4.69) is 47.4 Å². The summed E-state index contributed by atoms with van der Waals surface area (Å²) in [6.07, 6.45) is 1.87. The van der Waals surface area contributed by atoms with Crippen molar-refractivity contribution in [2.24, 2.45) is 0 Å². The number of nitrogens with zero attached hydrogens (tertiary/aromatic N) is 4. The SMILES string of the molecule is Cc1ccc(-c2cnn3c(NCCN(C)C)cc(Pc4cccc(F)c4)nc23)cc1C. The third-order valence-corrected chi connectivity index (χ3v) is 6.36. The van der Waals surface area contributed by atoms with Gasteiger partial charge in [-0.1, -0.05) is 30.3 Å². The average molecular weight is 435 g/mol. The lowest BCUT2D eigenvalue weighted by Crippen LogP contribution is -2.22. The summed E-state index contributed by atoms with van der Waals surface area (Å²) in [5.74, 6) is 0.663. The maximum atomic E-state index is 13.7. The van der Waals surface area contributed by atoms with Crippen molar-refractivity contribution < 1.29 is 4.39 Å². The Bertz CT molecular complexity index is 1220. The van der Waals surface area contributed by atoms with Crippen LogP contribution < -0.4 is 16.1 Å². The first-order valence-electron chi connectivity index (χ1n) is 10.3. The first-order valence-corrected chi connectivity index (χ1v) is 11.3. The Labute approximate surface area is 184 Å². The predicted octanol–water partition coefficient (Wildman–Crippen LogP) is 3.76. The van der Waals surface area contributed by atoms with Crippen molar-refractivity contribution in [3.8, 4) is 11.1 Å². The van der Waals surface area contributed by atoms with Crippen molar-refractivity contribution in [1.29, 1.82) is 0 Å². The minimum Gasteiger partial charge on any atom is -0.369 e. The highest BCUT2D eigenvalue weighted by atomic mass is 31.1. The number of aromatic nitrogens is 3. The third-order valence-electron chi connectivity index (χ3n) is 5.25. The number of aryl methyl sites for hydroxylation is 2. The van der Waals surface area contributed by atoms with Gasteiger partial charge in [-0.3, -0.25) is 0 Å². The number of benzene rings is 2. The van der Waals surface area contributed by atoms with Crippen LogP contribution >= 0.6 is 8.58 Å². The topological polar surface area (TPSA) is 45.5 Å². The molecule has 0 saturated heterocycles. The van der Waals surface area contributed by atoms with E-state index in [0.29, 0.717) is 0 Å². The fraction of sp³-hybridized carbons (Fsp3) is 0.250. The molecule has 1 N–H and O–H groups in total. The minimum atomic E-state index is -0.226. The van der Waals surface area contributed by atoms with E-state index in [0.717, 1.165) is 46.4 Å². The van der Waals surface area contributed by atoms with Gasteiger partial charge in [0.25, 0.3) is 0 Å². The van der Waals surface area contributed by atoms with Gasteiger partial charge in [0.05, 0.1) is 11.6 Å². The van der Waals surface area contributed by atoms with E-state index in [4.69, 9.17) is 4.98 Å². The first kappa shape index (κ1) is 21.4. The molecular formula is C24H27FN5P. The Kier molecular flexibility index (Phi) is 6.30. The summed E-state index contributed by atoms with van der Waals surface area (Å²) in [7, 11) is 4.35. The number of halogens is 1. The van der Waals surface area contributed by atoms with Crippen LogP contribution in [0.3, 0.4) is 0 Å². The molecule has 4 aromatic rings. The van der Waals surface area contributed by atoms with Gasteiger partial charge in [-0.15, -0.1) is 0 Å². The van der Waals surface area contributed by atoms with Crippen molar-refractivity contribution >= 4 is 30.8 Å². The van der Waals surface area contributed by atoms with Gasteiger partial charge in [0, 0.05) is 24.7 Å². The molecule has 7 heteroatoms. The van der Waals surface area contributed by atoms with Crippen LogP contribution in [-0.4, -0.2) is 46.7 Å². The summed E-state index contributed by atoms with van der Waals surface area (Å²) in [6.45, 7) is 5.91. The molecule has 0 aliphatic carbocycles. The summed E-state index contributed by atoms with van der Waals surface area (Å²) < 4.78 is 15.6. The fourth-order valence-corrected chi connectivity index (χ4v) is 4.44. The van der Waals surface area contributed by atoms with Crippen LogP contribution in [0.2, 0.25) is 0 Å². The van der Waals surface area contributed by atoms with E-state index in [9.17, 15) is 4.39 Å². The maximum absolute atomic E-state index is 13.7. The molecule has 4 rings (SSSR count). The molecule has 0 fully saturated rings. The molecule has 2 aromatic carbocycles. The Hall–Kier alpha value is -2.82. The third kappa shape index (κ3) is 4.92. The highest BCUT2D eigenvalue weighted by Crippen LogP contribution is 2.27. The number of anilines is 1.